The Balaban J connectivity index is 1.53. The summed E-state index contributed by atoms with van der Waals surface area (Å²) in [5.74, 6) is 0.964. The molecule has 0 N–H and O–H groups in total. The average Bonchev–Trinajstić information content (AvgIpc) is 3.31. The molecule has 1 aliphatic carbocycles. The van der Waals surface area contributed by atoms with Crippen LogP contribution in [0.25, 0.3) is 11.5 Å². The van der Waals surface area contributed by atoms with Gasteiger partial charge in [-0.15, -0.1) is 21.5 Å². The summed E-state index contributed by atoms with van der Waals surface area (Å²) < 4.78 is 5.84. The van der Waals surface area contributed by atoms with Crippen molar-refractivity contribution in [2.24, 2.45) is 0 Å². The number of aromatic nitrogens is 2. The van der Waals surface area contributed by atoms with E-state index < -0.39 is 0 Å². The quantitative estimate of drug-likeness (QED) is 0.456. The fourth-order valence-corrected chi connectivity index (χ4v) is 4.81. The third-order valence-corrected chi connectivity index (χ3v) is 6.55. The zero-order valence-corrected chi connectivity index (χ0v) is 18.2. The van der Waals surface area contributed by atoms with Crippen LogP contribution in [-0.4, -0.2) is 27.0 Å². The van der Waals surface area contributed by atoms with Gasteiger partial charge in [0, 0.05) is 21.5 Å². The minimum absolute atomic E-state index is 0.0702. The second-order valence-corrected chi connectivity index (χ2v) is 8.91. The average molecular weight is 430 g/mol. The predicted molar refractivity (Wildman–Crippen MR) is 115 cm³/mol. The Labute approximate surface area is 179 Å². The van der Waals surface area contributed by atoms with Gasteiger partial charge in [0.15, 0.2) is 0 Å². The lowest BCUT2D eigenvalue weighted by Gasteiger charge is -2.19. The first-order chi connectivity index (χ1) is 14.1. The maximum absolute atomic E-state index is 13.3. The Morgan fingerprint density at radius 2 is 2.00 bits per heavy atom. The van der Waals surface area contributed by atoms with Crippen molar-refractivity contribution in [3.63, 3.8) is 0 Å². The van der Waals surface area contributed by atoms with Gasteiger partial charge >= 0.3 is 0 Å². The van der Waals surface area contributed by atoms with E-state index in [9.17, 15) is 4.79 Å². The molecule has 29 heavy (non-hydrogen) atoms. The smallest absolute Gasteiger partial charge is 0.264 e. The van der Waals surface area contributed by atoms with Gasteiger partial charge in [-0.3, -0.25) is 4.79 Å². The van der Waals surface area contributed by atoms with Crippen molar-refractivity contribution in [1.29, 1.82) is 0 Å². The number of amides is 1. The summed E-state index contributed by atoms with van der Waals surface area (Å²) in [5.41, 5.74) is 2.10. The Bertz CT molecular complexity index is 992. The molecule has 0 saturated heterocycles. The van der Waals surface area contributed by atoms with E-state index in [-0.39, 0.29) is 11.9 Å². The Hall–Kier alpha value is -2.18. The first-order valence-corrected chi connectivity index (χ1v) is 11.3. The van der Waals surface area contributed by atoms with E-state index in [4.69, 9.17) is 16.0 Å². The van der Waals surface area contributed by atoms with E-state index in [1.165, 1.54) is 10.4 Å². The van der Waals surface area contributed by atoms with Gasteiger partial charge in [-0.25, -0.2) is 0 Å². The lowest BCUT2D eigenvalue weighted by Crippen LogP contribution is -2.32. The van der Waals surface area contributed by atoms with Crippen LogP contribution in [0, 0.1) is 0 Å². The maximum atomic E-state index is 13.3. The first kappa shape index (κ1) is 20.1. The summed E-state index contributed by atoms with van der Waals surface area (Å²) in [6, 6.07) is 9.59. The van der Waals surface area contributed by atoms with Gasteiger partial charge in [-0.05, 0) is 61.6 Å². The number of hydrogen-bond donors (Lipinski definition) is 0. The van der Waals surface area contributed by atoms with Crippen LogP contribution < -0.4 is 0 Å². The summed E-state index contributed by atoms with van der Waals surface area (Å²) in [7, 11) is 0. The highest BCUT2D eigenvalue weighted by molar-refractivity contribution is 7.14. The Morgan fingerprint density at radius 1 is 1.24 bits per heavy atom. The third kappa shape index (κ3) is 4.54. The van der Waals surface area contributed by atoms with Gasteiger partial charge in [-0.2, -0.15) is 0 Å². The predicted octanol–water partition coefficient (Wildman–Crippen LogP) is 5.77. The molecule has 2 aromatic heterocycles. The van der Waals surface area contributed by atoms with Crippen LogP contribution in [0.4, 0.5) is 0 Å². The van der Waals surface area contributed by atoms with Crippen LogP contribution >= 0.6 is 22.9 Å². The van der Waals surface area contributed by atoms with Gasteiger partial charge in [0.1, 0.15) is 0 Å². The number of thiophene rings is 1. The minimum atomic E-state index is 0.0702. The number of hydrogen-bond acceptors (Lipinski definition) is 5. The fraction of sp³-hybridized carbons (Fsp3) is 0.409. The number of benzene rings is 1. The van der Waals surface area contributed by atoms with Crippen molar-refractivity contribution < 1.29 is 9.21 Å². The van der Waals surface area contributed by atoms with Crippen molar-refractivity contribution in [3.8, 4) is 11.5 Å². The highest BCUT2D eigenvalue weighted by Gasteiger charge is 2.35. The summed E-state index contributed by atoms with van der Waals surface area (Å²) in [5, 5.41) is 8.97. The van der Waals surface area contributed by atoms with Crippen LogP contribution in [-0.2, 0) is 19.4 Å². The molecule has 5 nitrogen and oxygen atoms in total. The zero-order valence-electron chi connectivity index (χ0n) is 16.7. The molecule has 152 valence electrons. The number of rotatable bonds is 8. The van der Waals surface area contributed by atoms with Crippen LogP contribution in [0.5, 0.6) is 0 Å². The second kappa shape index (κ2) is 8.67. The topological polar surface area (TPSA) is 59.2 Å². The van der Waals surface area contributed by atoms with Crippen molar-refractivity contribution in [2.45, 2.75) is 58.5 Å². The standard InChI is InChI=1S/C22H24ClN3O2S/c1-3-5-18-14(4-2)12-19(29-18)22(27)26(17-10-11-17)13-20-24-25-21(28-20)15-6-8-16(23)9-7-15/h6-9,12,17H,3-5,10-11,13H2,1-2H3. The summed E-state index contributed by atoms with van der Waals surface area (Å²) in [4.78, 5) is 17.3. The molecule has 3 aromatic rings. The SMILES string of the molecule is CCCc1sc(C(=O)N(Cc2nnc(-c3ccc(Cl)cc3)o2)C2CC2)cc1CC. The number of carbonyl (C=O) groups is 1. The van der Waals surface area contributed by atoms with E-state index in [0.29, 0.717) is 23.3 Å². The monoisotopic (exact) mass is 429 g/mol. The molecule has 1 aromatic carbocycles. The largest absolute Gasteiger partial charge is 0.419 e. The van der Waals surface area contributed by atoms with Gasteiger partial charge in [0.05, 0.1) is 11.4 Å². The summed E-state index contributed by atoms with van der Waals surface area (Å²) >= 11 is 7.58. The van der Waals surface area contributed by atoms with Crippen LogP contribution in [0.15, 0.2) is 34.7 Å². The highest BCUT2D eigenvalue weighted by Crippen LogP contribution is 2.33. The number of aryl methyl sites for hydroxylation is 2. The lowest BCUT2D eigenvalue weighted by atomic mass is 10.1. The number of halogens is 1. The van der Waals surface area contributed by atoms with Crippen LogP contribution in [0.3, 0.4) is 0 Å². The Kier molecular flexibility index (Phi) is 6.01. The third-order valence-electron chi connectivity index (χ3n) is 5.08. The first-order valence-electron chi connectivity index (χ1n) is 10.1. The van der Waals surface area contributed by atoms with E-state index in [2.05, 4.69) is 30.1 Å². The van der Waals surface area contributed by atoms with Gasteiger partial charge in [-0.1, -0.05) is 31.9 Å². The second-order valence-electron chi connectivity index (χ2n) is 7.33. The molecule has 7 heteroatoms. The van der Waals surface area contributed by atoms with Crippen molar-refractivity contribution in [2.75, 3.05) is 0 Å². The molecule has 0 aliphatic heterocycles. The van der Waals surface area contributed by atoms with Crippen molar-refractivity contribution in [1.82, 2.24) is 15.1 Å². The molecule has 1 amide bonds. The normalized spacial score (nSPS) is 13.6. The molecule has 0 atom stereocenters. The van der Waals surface area contributed by atoms with Crippen LogP contribution in [0.2, 0.25) is 5.02 Å². The lowest BCUT2D eigenvalue weighted by molar-refractivity contribution is 0.0719. The molecule has 1 saturated carbocycles. The molecule has 4 rings (SSSR count). The van der Waals surface area contributed by atoms with Gasteiger partial charge < -0.3 is 9.32 Å². The van der Waals surface area contributed by atoms with Crippen molar-refractivity contribution in [3.05, 3.63) is 56.6 Å². The highest BCUT2D eigenvalue weighted by atomic mass is 35.5. The molecule has 1 fully saturated rings. The molecule has 0 spiro atoms. The molecule has 1 aliphatic rings. The number of nitrogens with zero attached hydrogens (tertiary/aromatic N) is 3. The van der Waals surface area contributed by atoms with Gasteiger partial charge in [0.25, 0.3) is 5.91 Å². The fourth-order valence-electron chi connectivity index (χ4n) is 3.38. The molecule has 0 unspecified atom stereocenters. The van der Waals surface area contributed by atoms with Crippen molar-refractivity contribution >= 4 is 28.8 Å². The number of carbonyl (C=O) groups excluding carboxylic acids is 1. The van der Waals surface area contributed by atoms with E-state index in [1.54, 1.807) is 23.5 Å². The maximum Gasteiger partial charge on any atom is 0.264 e. The summed E-state index contributed by atoms with van der Waals surface area (Å²) in [6.45, 7) is 4.66. The van der Waals surface area contributed by atoms with E-state index in [0.717, 1.165) is 42.5 Å². The van der Waals surface area contributed by atoms with E-state index in [1.807, 2.05) is 17.0 Å². The zero-order chi connectivity index (χ0) is 20.4. The minimum Gasteiger partial charge on any atom is -0.419 e. The molecular formula is C22H24ClN3O2S. The summed E-state index contributed by atoms with van der Waals surface area (Å²) in [6.07, 6.45) is 5.12. The van der Waals surface area contributed by atoms with Crippen LogP contribution in [0.1, 0.15) is 59.1 Å². The molecule has 0 bridgehead atoms. The molecule has 0 radical (unpaired) electrons. The van der Waals surface area contributed by atoms with E-state index >= 15 is 0 Å². The molecular weight excluding hydrogens is 406 g/mol. The Morgan fingerprint density at radius 3 is 2.66 bits per heavy atom. The van der Waals surface area contributed by atoms with Gasteiger partial charge in [0.2, 0.25) is 11.8 Å². The molecule has 2 heterocycles.